The second-order valence-corrected chi connectivity index (χ2v) is 3.18. The lowest BCUT2D eigenvalue weighted by atomic mass is 10.2. The lowest BCUT2D eigenvalue weighted by Crippen LogP contribution is -2.04. The lowest BCUT2D eigenvalue weighted by molar-refractivity contribution is 0.0218. The molecule has 0 spiro atoms. The molecule has 4 heteroatoms. The van der Waals surface area contributed by atoms with Gasteiger partial charge in [-0.1, -0.05) is 0 Å². The molecule has 0 atom stereocenters. The van der Waals surface area contributed by atoms with Crippen molar-refractivity contribution in [2.75, 3.05) is 27.6 Å². The van der Waals surface area contributed by atoms with Crippen LogP contribution in [0.15, 0.2) is 12.1 Å². The third-order valence-corrected chi connectivity index (χ3v) is 2.25. The third-order valence-electron chi connectivity index (χ3n) is 2.25. The largest absolute Gasteiger partial charge is 0.493 e. The molecule has 0 aliphatic carbocycles. The summed E-state index contributed by atoms with van der Waals surface area (Å²) >= 11 is 0. The van der Waals surface area contributed by atoms with Gasteiger partial charge < -0.3 is 18.9 Å². The molecule has 0 heterocycles. The van der Waals surface area contributed by atoms with E-state index in [1.165, 1.54) is 0 Å². The van der Waals surface area contributed by atoms with E-state index in [1.54, 1.807) is 14.2 Å². The minimum absolute atomic E-state index is 0.243. The molecule has 0 aliphatic rings. The van der Waals surface area contributed by atoms with Gasteiger partial charge in [0.2, 0.25) is 0 Å². The lowest BCUT2D eigenvalue weighted by Gasteiger charge is -2.14. The number of ether oxygens (including phenoxy) is 4. The van der Waals surface area contributed by atoms with Gasteiger partial charge in [0.1, 0.15) is 5.75 Å². The second-order valence-electron chi connectivity index (χ2n) is 3.18. The molecule has 0 unspecified atom stereocenters. The zero-order chi connectivity index (χ0) is 12.0. The van der Waals surface area contributed by atoms with Gasteiger partial charge in [-0.15, -0.1) is 0 Å². The van der Waals surface area contributed by atoms with Crippen molar-refractivity contribution in [1.82, 2.24) is 0 Å². The van der Waals surface area contributed by atoms with E-state index in [1.807, 2.05) is 26.0 Å². The Morgan fingerprint density at radius 1 is 1.06 bits per heavy atom. The van der Waals surface area contributed by atoms with Crippen molar-refractivity contribution in [2.24, 2.45) is 0 Å². The third kappa shape index (κ3) is 2.79. The van der Waals surface area contributed by atoms with Crippen LogP contribution in [0.5, 0.6) is 17.2 Å². The normalized spacial score (nSPS) is 10.0. The zero-order valence-corrected chi connectivity index (χ0v) is 10.2. The molecule has 0 N–H and O–H groups in total. The minimum Gasteiger partial charge on any atom is -0.493 e. The van der Waals surface area contributed by atoms with Crippen LogP contribution in [-0.4, -0.2) is 27.6 Å². The molecule has 0 aliphatic heterocycles. The van der Waals surface area contributed by atoms with Gasteiger partial charge >= 0.3 is 0 Å². The Labute approximate surface area is 96.1 Å². The predicted octanol–water partition coefficient (Wildman–Crippen LogP) is 2.39. The Balaban J connectivity index is 2.86. The first-order chi connectivity index (χ1) is 7.74. The molecule has 1 rings (SSSR count). The number of rotatable bonds is 6. The van der Waals surface area contributed by atoms with Gasteiger partial charge in [-0.3, -0.25) is 0 Å². The van der Waals surface area contributed by atoms with Crippen molar-refractivity contribution >= 4 is 0 Å². The number of hydrogen-bond acceptors (Lipinski definition) is 4. The summed E-state index contributed by atoms with van der Waals surface area (Å²) in [7, 11) is 3.22. The molecule has 1 aromatic carbocycles. The van der Waals surface area contributed by atoms with Crippen LogP contribution in [0, 0.1) is 6.92 Å². The average Bonchev–Trinajstić information content (AvgIpc) is 2.31. The van der Waals surface area contributed by atoms with Crippen molar-refractivity contribution in [3.8, 4) is 17.2 Å². The van der Waals surface area contributed by atoms with E-state index in [9.17, 15) is 0 Å². The van der Waals surface area contributed by atoms with Crippen LogP contribution in [0.2, 0.25) is 0 Å². The van der Waals surface area contributed by atoms with E-state index in [0.717, 1.165) is 11.3 Å². The highest BCUT2D eigenvalue weighted by atomic mass is 16.7. The fourth-order valence-corrected chi connectivity index (χ4v) is 1.41. The first-order valence-corrected chi connectivity index (χ1v) is 5.16. The van der Waals surface area contributed by atoms with Gasteiger partial charge in [-0.25, -0.2) is 0 Å². The summed E-state index contributed by atoms with van der Waals surface area (Å²) in [6.45, 7) is 4.71. The van der Waals surface area contributed by atoms with Crippen LogP contribution in [-0.2, 0) is 4.74 Å². The average molecular weight is 226 g/mol. The number of methoxy groups -OCH3 is 2. The van der Waals surface area contributed by atoms with Crippen LogP contribution >= 0.6 is 0 Å². The van der Waals surface area contributed by atoms with E-state index in [-0.39, 0.29) is 6.79 Å². The monoisotopic (exact) mass is 226 g/mol. The Kier molecular flexibility index (Phi) is 4.92. The Morgan fingerprint density at radius 2 is 1.75 bits per heavy atom. The fourth-order valence-electron chi connectivity index (χ4n) is 1.41. The van der Waals surface area contributed by atoms with Gasteiger partial charge in [0.25, 0.3) is 0 Å². The highest BCUT2D eigenvalue weighted by Crippen LogP contribution is 2.36. The smallest absolute Gasteiger partial charge is 0.189 e. The second kappa shape index (κ2) is 6.23. The number of hydrogen-bond donors (Lipinski definition) is 0. The van der Waals surface area contributed by atoms with Crippen LogP contribution in [0.4, 0.5) is 0 Å². The Morgan fingerprint density at radius 3 is 2.31 bits per heavy atom. The van der Waals surface area contributed by atoms with E-state index in [0.29, 0.717) is 18.1 Å². The molecule has 0 radical (unpaired) electrons. The molecular formula is C12H18O4. The molecular weight excluding hydrogens is 208 g/mol. The summed E-state index contributed by atoms with van der Waals surface area (Å²) in [5.41, 5.74) is 0.904. The van der Waals surface area contributed by atoms with Crippen molar-refractivity contribution in [3.63, 3.8) is 0 Å². The Hall–Kier alpha value is -1.42. The topological polar surface area (TPSA) is 36.9 Å². The van der Waals surface area contributed by atoms with E-state index in [4.69, 9.17) is 18.9 Å². The SMILES string of the molecule is CCOCOc1ccc(OC)c(OC)c1C. The van der Waals surface area contributed by atoms with Crippen LogP contribution < -0.4 is 14.2 Å². The van der Waals surface area contributed by atoms with Gasteiger partial charge in [0, 0.05) is 12.2 Å². The molecule has 0 aromatic heterocycles. The van der Waals surface area contributed by atoms with Crippen LogP contribution in [0.25, 0.3) is 0 Å². The van der Waals surface area contributed by atoms with Crippen molar-refractivity contribution < 1.29 is 18.9 Å². The molecule has 16 heavy (non-hydrogen) atoms. The van der Waals surface area contributed by atoms with Crippen LogP contribution in [0.1, 0.15) is 12.5 Å². The van der Waals surface area contributed by atoms with E-state index in [2.05, 4.69) is 0 Å². The van der Waals surface area contributed by atoms with Gasteiger partial charge in [0.15, 0.2) is 18.3 Å². The van der Waals surface area contributed by atoms with Crippen molar-refractivity contribution in [1.29, 1.82) is 0 Å². The predicted molar refractivity (Wildman–Crippen MR) is 61.4 cm³/mol. The molecule has 0 saturated heterocycles. The first-order valence-electron chi connectivity index (χ1n) is 5.16. The maximum Gasteiger partial charge on any atom is 0.189 e. The number of benzene rings is 1. The molecule has 0 amide bonds. The fraction of sp³-hybridized carbons (Fsp3) is 0.500. The summed E-state index contributed by atoms with van der Waals surface area (Å²) in [4.78, 5) is 0. The van der Waals surface area contributed by atoms with Gasteiger partial charge in [-0.2, -0.15) is 0 Å². The van der Waals surface area contributed by atoms with E-state index >= 15 is 0 Å². The summed E-state index contributed by atoms with van der Waals surface area (Å²) < 4.78 is 21.0. The molecule has 1 aromatic rings. The molecule has 90 valence electrons. The standard InChI is InChI=1S/C12H18O4/c1-5-15-8-16-10-6-7-11(13-3)12(14-4)9(10)2/h6-7H,5,8H2,1-4H3. The van der Waals surface area contributed by atoms with Crippen molar-refractivity contribution in [2.45, 2.75) is 13.8 Å². The minimum atomic E-state index is 0.243. The maximum atomic E-state index is 5.46. The van der Waals surface area contributed by atoms with Gasteiger partial charge in [0.05, 0.1) is 14.2 Å². The zero-order valence-electron chi connectivity index (χ0n) is 10.2. The van der Waals surface area contributed by atoms with E-state index < -0.39 is 0 Å². The highest BCUT2D eigenvalue weighted by Gasteiger charge is 2.11. The molecule has 0 bridgehead atoms. The molecule has 0 fully saturated rings. The summed E-state index contributed by atoms with van der Waals surface area (Å²) in [6.07, 6.45) is 0. The maximum absolute atomic E-state index is 5.46. The summed E-state index contributed by atoms with van der Waals surface area (Å²) in [5, 5.41) is 0. The summed E-state index contributed by atoms with van der Waals surface area (Å²) in [5.74, 6) is 2.13. The molecule has 0 saturated carbocycles. The summed E-state index contributed by atoms with van der Waals surface area (Å²) in [6, 6.07) is 3.66. The first kappa shape index (κ1) is 12.6. The highest BCUT2D eigenvalue weighted by molar-refractivity contribution is 5.53. The Bertz CT molecular complexity index is 336. The van der Waals surface area contributed by atoms with Crippen LogP contribution in [0.3, 0.4) is 0 Å². The van der Waals surface area contributed by atoms with Crippen molar-refractivity contribution in [3.05, 3.63) is 17.7 Å². The van der Waals surface area contributed by atoms with Gasteiger partial charge in [-0.05, 0) is 26.0 Å². The molecule has 4 nitrogen and oxygen atoms in total. The quantitative estimate of drug-likeness (QED) is 0.551.